The highest BCUT2D eigenvalue weighted by Gasteiger charge is 1.71. The predicted octanol–water partition coefficient (Wildman–Crippen LogP) is -0.0923. The lowest BCUT2D eigenvalue weighted by atomic mass is 10.8. The van der Waals surface area contributed by atoms with Crippen LogP contribution in [0.2, 0.25) is 0 Å². The summed E-state index contributed by atoms with van der Waals surface area (Å²) in [5, 5.41) is 2.60. The molecule has 0 rings (SSSR count). The number of nitrogens with zero attached hydrogens (tertiary/aromatic N) is 1. The Morgan fingerprint density at radius 3 is 2.67 bits per heavy atom. The van der Waals surface area contributed by atoms with Gasteiger partial charge in [0.2, 0.25) is 0 Å². The second-order valence-electron chi connectivity index (χ2n) is 0.713. The van der Waals surface area contributed by atoms with Crippen molar-refractivity contribution in [1.29, 1.82) is 5.53 Å². The fourth-order valence-electron chi connectivity index (χ4n) is 0.0983. The second kappa shape index (κ2) is 4.36. The highest BCUT2D eigenvalue weighted by atomic mass is 16.6. The van der Waals surface area contributed by atoms with Crippen molar-refractivity contribution in [3.63, 3.8) is 0 Å². The molecule has 0 aliphatic carbocycles. The summed E-state index contributed by atoms with van der Waals surface area (Å²) in [4.78, 5) is 4.15. The Bertz CT molecular complexity index is 37.8. The molecule has 0 aliphatic rings. The van der Waals surface area contributed by atoms with Crippen molar-refractivity contribution in [1.82, 2.24) is 0 Å². The largest absolute Gasteiger partial charge is 0.378 e. The van der Waals surface area contributed by atoms with Crippen LogP contribution in [0.3, 0.4) is 0 Å². The maximum atomic E-state index is 6.05. The molecule has 6 heavy (non-hydrogen) atoms. The van der Waals surface area contributed by atoms with Gasteiger partial charge in [0.25, 0.3) is 0 Å². The van der Waals surface area contributed by atoms with Gasteiger partial charge >= 0.3 is 0 Å². The molecule has 0 aromatic rings. The molecule has 0 fully saturated rings. The van der Waals surface area contributed by atoms with Gasteiger partial charge in [-0.25, -0.2) is 0 Å². The van der Waals surface area contributed by atoms with Crippen molar-refractivity contribution in [3.8, 4) is 0 Å². The lowest BCUT2D eigenvalue weighted by Gasteiger charge is -1.86. The van der Waals surface area contributed by atoms with Crippen LogP contribution in [0.25, 0.3) is 0 Å². The van der Waals surface area contributed by atoms with Crippen molar-refractivity contribution in [2.75, 3.05) is 13.2 Å². The van der Waals surface area contributed by atoms with Crippen LogP contribution in [0.4, 0.5) is 0 Å². The fraction of sp³-hybridized carbons (Fsp3) is 1.00. The molecule has 0 radical (unpaired) electrons. The predicted molar refractivity (Wildman–Crippen MR) is 20.2 cm³/mol. The maximum absolute atomic E-state index is 6.05. The number of nitrogens with one attached hydrogen (secondary N) is 1. The monoisotopic (exact) mass is 89.1 g/mol. The normalized spacial score (nSPS) is 7.50. The Morgan fingerprint density at radius 1 is 1.83 bits per heavy atom. The van der Waals surface area contributed by atoms with Gasteiger partial charge in [-0.3, -0.25) is 0 Å². The van der Waals surface area contributed by atoms with Crippen LogP contribution in [0.5, 0.6) is 0 Å². The molecule has 0 aromatic heterocycles. The SMILES string of the molecule is N=NOCCN. The summed E-state index contributed by atoms with van der Waals surface area (Å²) < 4.78 is 0. The minimum absolute atomic E-state index is 0.337. The molecule has 36 valence electrons. The molecular formula is C2H7N3O. The van der Waals surface area contributed by atoms with Crippen LogP contribution in [0, 0.1) is 5.53 Å². The van der Waals surface area contributed by atoms with Crippen LogP contribution in [0.1, 0.15) is 0 Å². The van der Waals surface area contributed by atoms with E-state index in [1.807, 2.05) is 0 Å². The minimum Gasteiger partial charge on any atom is -0.378 e. The van der Waals surface area contributed by atoms with Crippen molar-refractivity contribution in [2.45, 2.75) is 0 Å². The van der Waals surface area contributed by atoms with Gasteiger partial charge in [-0.1, -0.05) is 0 Å². The summed E-state index contributed by atoms with van der Waals surface area (Å²) in [5.41, 5.74) is 11.0. The quantitative estimate of drug-likeness (QED) is 0.288. The summed E-state index contributed by atoms with van der Waals surface area (Å²) in [7, 11) is 0. The Labute approximate surface area is 35.7 Å². The minimum atomic E-state index is 0.337. The highest BCUT2D eigenvalue weighted by molar-refractivity contribution is 4.21. The van der Waals surface area contributed by atoms with Crippen molar-refractivity contribution >= 4 is 0 Å². The Hall–Kier alpha value is -0.640. The van der Waals surface area contributed by atoms with Gasteiger partial charge in [-0.15, -0.1) is 0 Å². The molecule has 0 unspecified atom stereocenters. The number of hydrogen-bond donors (Lipinski definition) is 2. The van der Waals surface area contributed by atoms with Gasteiger partial charge in [-0.2, -0.15) is 5.53 Å². The zero-order valence-electron chi connectivity index (χ0n) is 3.35. The van der Waals surface area contributed by atoms with Gasteiger partial charge in [0.05, 0.1) is 0 Å². The van der Waals surface area contributed by atoms with Gasteiger partial charge in [0, 0.05) is 11.8 Å². The van der Waals surface area contributed by atoms with Crippen LogP contribution >= 0.6 is 0 Å². The van der Waals surface area contributed by atoms with E-state index in [0.29, 0.717) is 13.2 Å². The fourth-order valence-corrected chi connectivity index (χ4v) is 0.0983. The molecule has 0 atom stereocenters. The van der Waals surface area contributed by atoms with E-state index in [1.54, 1.807) is 0 Å². The number of nitrogens with two attached hydrogens (primary N) is 1. The molecule has 4 nitrogen and oxygen atoms in total. The van der Waals surface area contributed by atoms with E-state index in [0.717, 1.165) is 0 Å². The topological polar surface area (TPSA) is 71.5 Å². The van der Waals surface area contributed by atoms with Crippen molar-refractivity contribution in [2.24, 2.45) is 11.0 Å². The average Bonchev–Trinajstić information content (AvgIpc) is 1.61. The lowest BCUT2D eigenvalue weighted by molar-refractivity contribution is 0.124. The molecule has 0 heterocycles. The van der Waals surface area contributed by atoms with Crippen LogP contribution < -0.4 is 5.73 Å². The van der Waals surface area contributed by atoms with E-state index < -0.39 is 0 Å². The maximum Gasteiger partial charge on any atom is 0.131 e. The van der Waals surface area contributed by atoms with Crippen LogP contribution in [-0.2, 0) is 4.84 Å². The third kappa shape index (κ3) is 3.36. The zero-order chi connectivity index (χ0) is 4.83. The second-order valence-corrected chi connectivity index (χ2v) is 0.713. The van der Waals surface area contributed by atoms with E-state index in [-0.39, 0.29) is 0 Å². The molecular weight excluding hydrogens is 82.0 g/mol. The zero-order valence-corrected chi connectivity index (χ0v) is 3.35. The van der Waals surface area contributed by atoms with Gasteiger partial charge in [0.1, 0.15) is 6.61 Å². The molecule has 0 saturated carbocycles. The Kier molecular flexibility index (Phi) is 3.89. The smallest absolute Gasteiger partial charge is 0.131 e. The molecule has 0 spiro atoms. The number of rotatable bonds is 3. The molecule has 3 N–H and O–H groups in total. The number of hydrogen-bond acceptors (Lipinski definition) is 4. The average molecular weight is 89.1 g/mol. The summed E-state index contributed by atoms with van der Waals surface area (Å²) in [6.45, 7) is 0.756. The molecule has 0 amide bonds. The third-order valence-electron chi connectivity index (χ3n) is 0.274. The van der Waals surface area contributed by atoms with Gasteiger partial charge < -0.3 is 10.6 Å². The molecule has 0 saturated heterocycles. The van der Waals surface area contributed by atoms with E-state index in [1.165, 1.54) is 0 Å². The molecule has 0 aliphatic heterocycles. The first-order valence-electron chi connectivity index (χ1n) is 1.60. The van der Waals surface area contributed by atoms with Gasteiger partial charge in [0.15, 0.2) is 0 Å². The summed E-state index contributed by atoms with van der Waals surface area (Å²) in [6.07, 6.45) is 0. The van der Waals surface area contributed by atoms with Gasteiger partial charge in [-0.05, 0) is 0 Å². The first-order valence-corrected chi connectivity index (χ1v) is 1.60. The van der Waals surface area contributed by atoms with Crippen molar-refractivity contribution < 1.29 is 4.84 Å². The molecule has 4 heteroatoms. The summed E-state index contributed by atoms with van der Waals surface area (Å²) >= 11 is 0. The van der Waals surface area contributed by atoms with Crippen LogP contribution in [0.15, 0.2) is 5.28 Å². The van der Waals surface area contributed by atoms with E-state index >= 15 is 0 Å². The molecule has 0 bridgehead atoms. The molecule has 0 aromatic carbocycles. The van der Waals surface area contributed by atoms with E-state index in [4.69, 9.17) is 11.3 Å². The standard InChI is InChI=1S/C2H7N3O/c3-1-2-6-5-4/h4H,1-3H2. The Balaban J connectivity index is 2.49. The lowest BCUT2D eigenvalue weighted by Crippen LogP contribution is -2.04. The highest BCUT2D eigenvalue weighted by Crippen LogP contribution is 1.65. The first kappa shape index (κ1) is 5.36. The first-order chi connectivity index (χ1) is 2.91. The van der Waals surface area contributed by atoms with E-state index in [9.17, 15) is 0 Å². The van der Waals surface area contributed by atoms with E-state index in [2.05, 4.69) is 10.1 Å². The third-order valence-corrected chi connectivity index (χ3v) is 0.274. The van der Waals surface area contributed by atoms with Crippen molar-refractivity contribution in [3.05, 3.63) is 0 Å². The Morgan fingerprint density at radius 2 is 2.50 bits per heavy atom. The summed E-state index contributed by atoms with van der Waals surface area (Å²) in [5.74, 6) is 0. The summed E-state index contributed by atoms with van der Waals surface area (Å²) in [6, 6.07) is 0. The van der Waals surface area contributed by atoms with Crippen LogP contribution in [-0.4, -0.2) is 13.2 Å².